The molecule has 0 aromatic carbocycles. The maximum Gasteiger partial charge on any atom is 0.211 e. The number of aromatic amines is 1. The molecule has 1 aromatic rings. The van der Waals surface area contributed by atoms with Crippen LogP contribution in [0.3, 0.4) is 0 Å². The second-order valence-electron chi connectivity index (χ2n) is 3.69. The number of amides is 1. The van der Waals surface area contributed by atoms with Crippen LogP contribution in [0.2, 0.25) is 0 Å². The van der Waals surface area contributed by atoms with Crippen LogP contribution >= 0.6 is 0 Å². The van der Waals surface area contributed by atoms with Gasteiger partial charge in [0, 0.05) is 17.5 Å². The highest BCUT2D eigenvalue weighted by atomic mass is 16.1. The fourth-order valence-corrected chi connectivity index (χ4v) is 1.60. The average Bonchev–Trinajstić information content (AvgIpc) is 2.72. The second-order valence-corrected chi connectivity index (χ2v) is 3.69. The monoisotopic (exact) mass is 215 g/mol. The molecular formula is C12H13N3O. The molecule has 0 fully saturated rings. The highest BCUT2D eigenvalue weighted by Crippen LogP contribution is 2.21. The van der Waals surface area contributed by atoms with Crippen molar-refractivity contribution >= 4 is 12.0 Å². The summed E-state index contributed by atoms with van der Waals surface area (Å²) in [4.78, 5) is 10.4. The van der Waals surface area contributed by atoms with Gasteiger partial charge in [-0.2, -0.15) is 5.10 Å². The molecule has 1 aliphatic carbocycles. The molecule has 0 saturated carbocycles. The maximum absolute atomic E-state index is 10.4. The Morgan fingerprint density at radius 1 is 1.50 bits per heavy atom. The standard InChI is InChI=1S/C12H13N3O/c1-9-2-3-11(13-8-16)7-10(6-9)12-4-5-14-15-12/h3-8H,2H2,1H3,(H,13,16)(H,14,15). The molecule has 2 rings (SSSR count). The summed E-state index contributed by atoms with van der Waals surface area (Å²) < 4.78 is 0. The quantitative estimate of drug-likeness (QED) is 0.755. The van der Waals surface area contributed by atoms with E-state index in [9.17, 15) is 4.79 Å². The number of hydrogen-bond acceptors (Lipinski definition) is 2. The van der Waals surface area contributed by atoms with Crippen molar-refractivity contribution in [2.24, 2.45) is 0 Å². The van der Waals surface area contributed by atoms with Gasteiger partial charge in [0.2, 0.25) is 6.41 Å². The highest BCUT2D eigenvalue weighted by molar-refractivity contribution is 5.76. The Kier molecular flexibility index (Phi) is 3.00. The predicted octanol–water partition coefficient (Wildman–Crippen LogP) is 1.77. The minimum atomic E-state index is 0.688. The van der Waals surface area contributed by atoms with Crippen LogP contribution < -0.4 is 5.32 Å². The molecule has 16 heavy (non-hydrogen) atoms. The topological polar surface area (TPSA) is 57.8 Å². The number of rotatable bonds is 3. The van der Waals surface area contributed by atoms with Crippen molar-refractivity contribution in [1.29, 1.82) is 0 Å². The van der Waals surface area contributed by atoms with E-state index in [1.165, 1.54) is 5.57 Å². The minimum absolute atomic E-state index is 0.688. The van der Waals surface area contributed by atoms with E-state index in [-0.39, 0.29) is 0 Å². The van der Waals surface area contributed by atoms with E-state index in [2.05, 4.69) is 28.5 Å². The van der Waals surface area contributed by atoms with Gasteiger partial charge in [-0.05, 0) is 25.5 Å². The zero-order valence-corrected chi connectivity index (χ0v) is 9.03. The Balaban J connectivity index is 2.36. The molecule has 0 bridgehead atoms. The van der Waals surface area contributed by atoms with Crippen molar-refractivity contribution in [3.63, 3.8) is 0 Å². The SMILES string of the molecule is CC1=CC(c2ccn[nH]2)=CC(NC=O)=CC1. The molecule has 0 aliphatic heterocycles. The zero-order valence-electron chi connectivity index (χ0n) is 9.03. The maximum atomic E-state index is 10.4. The Hall–Kier alpha value is -2.10. The molecule has 0 radical (unpaired) electrons. The predicted molar refractivity (Wildman–Crippen MR) is 62.2 cm³/mol. The molecule has 1 aliphatic rings. The highest BCUT2D eigenvalue weighted by Gasteiger charge is 2.05. The summed E-state index contributed by atoms with van der Waals surface area (Å²) in [6.07, 6.45) is 9.24. The lowest BCUT2D eigenvalue weighted by Gasteiger charge is -2.00. The van der Waals surface area contributed by atoms with Crippen LogP contribution in [0.25, 0.3) is 5.57 Å². The third kappa shape index (κ3) is 2.28. The van der Waals surface area contributed by atoms with Crippen LogP contribution in [0.15, 0.2) is 41.8 Å². The molecule has 0 saturated heterocycles. The third-order valence-electron chi connectivity index (χ3n) is 2.39. The number of allylic oxidation sites excluding steroid dienone is 5. The molecule has 82 valence electrons. The number of H-pyrrole nitrogens is 1. The minimum Gasteiger partial charge on any atom is -0.329 e. The van der Waals surface area contributed by atoms with Gasteiger partial charge in [0.15, 0.2) is 0 Å². The average molecular weight is 215 g/mol. The molecule has 1 aromatic heterocycles. The molecule has 2 N–H and O–H groups in total. The molecule has 4 nitrogen and oxygen atoms in total. The lowest BCUT2D eigenvalue weighted by Crippen LogP contribution is -2.08. The van der Waals surface area contributed by atoms with Gasteiger partial charge in [-0.3, -0.25) is 9.89 Å². The van der Waals surface area contributed by atoms with Crippen molar-refractivity contribution < 1.29 is 4.79 Å². The van der Waals surface area contributed by atoms with Crippen LogP contribution in [-0.4, -0.2) is 16.6 Å². The number of nitrogens with one attached hydrogen (secondary N) is 2. The largest absolute Gasteiger partial charge is 0.329 e. The van der Waals surface area contributed by atoms with Gasteiger partial charge in [0.05, 0.1) is 5.69 Å². The lowest BCUT2D eigenvalue weighted by atomic mass is 10.1. The molecule has 1 heterocycles. The fraction of sp³-hybridized carbons (Fsp3) is 0.167. The number of carbonyl (C=O) groups is 1. The molecule has 0 unspecified atom stereocenters. The zero-order chi connectivity index (χ0) is 11.4. The van der Waals surface area contributed by atoms with Crippen molar-refractivity contribution in [2.75, 3.05) is 0 Å². The smallest absolute Gasteiger partial charge is 0.211 e. The summed E-state index contributed by atoms with van der Waals surface area (Å²) in [5.41, 5.74) is 4.02. The summed E-state index contributed by atoms with van der Waals surface area (Å²) in [7, 11) is 0. The van der Waals surface area contributed by atoms with Crippen LogP contribution in [0, 0.1) is 0 Å². The van der Waals surface area contributed by atoms with Gasteiger partial charge in [0.1, 0.15) is 0 Å². The van der Waals surface area contributed by atoms with Crippen LogP contribution in [-0.2, 0) is 4.79 Å². The van der Waals surface area contributed by atoms with Gasteiger partial charge in [0.25, 0.3) is 0 Å². The van der Waals surface area contributed by atoms with E-state index in [4.69, 9.17) is 0 Å². The third-order valence-corrected chi connectivity index (χ3v) is 2.39. The van der Waals surface area contributed by atoms with E-state index < -0.39 is 0 Å². The van der Waals surface area contributed by atoms with Gasteiger partial charge < -0.3 is 5.32 Å². The van der Waals surface area contributed by atoms with Gasteiger partial charge >= 0.3 is 0 Å². The molecule has 4 heteroatoms. The lowest BCUT2D eigenvalue weighted by molar-refractivity contribution is -0.108. The van der Waals surface area contributed by atoms with Crippen molar-refractivity contribution in [3.8, 4) is 0 Å². The first-order chi connectivity index (χ1) is 7.79. The summed E-state index contributed by atoms with van der Waals surface area (Å²) >= 11 is 0. The van der Waals surface area contributed by atoms with Crippen LogP contribution in [0.4, 0.5) is 0 Å². The van der Waals surface area contributed by atoms with Gasteiger partial charge in [-0.1, -0.05) is 17.7 Å². The molecule has 1 amide bonds. The number of carbonyl (C=O) groups excluding carboxylic acids is 1. The summed E-state index contributed by atoms with van der Waals surface area (Å²) in [6.45, 7) is 2.06. The van der Waals surface area contributed by atoms with Gasteiger partial charge in [-0.15, -0.1) is 0 Å². The van der Waals surface area contributed by atoms with E-state index in [1.54, 1.807) is 6.20 Å². The number of nitrogens with zero attached hydrogens (tertiary/aromatic N) is 1. The van der Waals surface area contributed by atoms with Crippen LogP contribution in [0.1, 0.15) is 19.0 Å². The van der Waals surface area contributed by atoms with E-state index in [1.807, 2.05) is 18.2 Å². The summed E-state index contributed by atoms with van der Waals surface area (Å²) in [5.74, 6) is 0. The van der Waals surface area contributed by atoms with E-state index in [0.717, 1.165) is 23.4 Å². The summed E-state index contributed by atoms with van der Waals surface area (Å²) in [6, 6.07) is 1.90. The number of aromatic nitrogens is 2. The van der Waals surface area contributed by atoms with E-state index >= 15 is 0 Å². The van der Waals surface area contributed by atoms with Crippen molar-refractivity contribution in [2.45, 2.75) is 13.3 Å². The first-order valence-corrected chi connectivity index (χ1v) is 5.08. The normalized spacial score (nSPS) is 15.7. The second kappa shape index (κ2) is 4.61. The van der Waals surface area contributed by atoms with E-state index in [0.29, 0.717) is 6.41 Å². The van der Waals surface area contributed by atoms with Crippen molar-refractivity contribution in [3.05, 3.63) is 47.5 Å². The first-order valence-electron chi connectivity index (χ1n) is 5.08. The van der Waals surface area contributed by atoms with Gasteiger partial charge in [-0.25, -0.2) is 0 Å². The fourth-order valence-electron chi connectivity index (χ4n) is 1.60. The molecule has 0 atom stereocenters. The Morgan fingerprint density at radius 2 is 2.38 bits per heavy atom. The Labute approximate surface area is 93.7 Å². The van der Waals surface area contributed by atoms with Crippen LogP contribution in [0.5, 0.6) is 0 Å². The Bertz CT molecular complexity index is 466. The summed E-state index contributed by atoms with van der Waals surface area (Å²) in [5, 5.41) is 9.50. The first kappa shape index (κ1) is 10.4. The number of hydrogen-bond donors (Lipinski definition) is 2. The van der Waals surface area contributed by atoms with Crippen molar-refractivity contribution in [1.82, 2.24) is 15.5 Å². The molecule has 0 spiro atoms. The Morgan fingerprint density at radius 3 is 3.06 bits per heavy atom. The molecular weight excluding hydrogens is 202 g/mol.